The second-order valence-corrected chi connectivity index (χ2v) is 10.1. The predicted octanol–water partition coefficient (Wildman–Crippen LogP) is 5.65. The monoisotopic (exact) mass is 542 g/mol. The third-order valence-electron chi connectivity index (χ3n) is 7.15. The summed E-state index contributed by atoms with van der Waals surface area (Å²) in [7, 11) is 5.58. The lowest BCUT2D eigenvalue weighted by atomic mass is 9.96. The van der Waals surface area contributed by atoms with Crippen molar-refractivity contribution < 1.29 is 9.66 Å². The molecule has 0 aliphatic carbocycles. The molecule has 0 saturated carbocycles. The molecule has 39 heavy (non-hydrogen) atoms. The maximum atomic E-state index is 11.6. The van der Waals surface area contributed by atoms with Crippen LogP contribution in [0.3, 0.4) is 0 Å². The van der Waals surface area contributed by atoms with Crippen LogP contribution in [0.2, 0.25) is 0 Å². The fraction of sp³-hybridized carbons (Fsp3) is 0.241. The number of benzene rings is 2. The molecule has 0 spiro atoms. The van der Waals surface area contributed by atoms with Gasteiger partial charge in [-0.3, -0.25) is 15.1 Å². The summed E-state index contributed by atoms with van der Waals surface area (Å²) in [5.41, 5.74) is 6.40. The average Bonchev–Trinajstić information content (AvgIpc) is 3.43. The Kier molecular flexibility index (Phi) is 6.96. The van der Waals surface area contributed by atoms with Gasteiger partial charge >= 0.3 is 0 Å². The van der Waals surface area contributed by atoms with Gasteiger partial charge in [0.15, 0.2) is 5.11 Å². The van der Waals surface area contributed by atoms with Gasteiger partial charge in [-0.25, -0.2) is 0 Å². The number of ether oxygens (including phenoxy) is 1. The third-order valence-corrected chi connectivity index (χ3v) is 7.46. The number of hydrogen-bond donors (Lipinski definition) is 1. The molecule has 2 aromatic heterocycles. The zero-order chi connectivity index (χ0) is 27.8. The van der Waals surface area contributed by atoms with Crippen LogP contribution in [0.5, 0.6) is 5.75 Å². The SMILES string of the molecule is COc1ccc([N+](=O)[O-])cc1-n1c(C)cc([C@H]2[C@@H](c3ccccn3)NC(=S)N2c2ccc(N(C)C)cc2)c1C. The Labute approximate surface area is 232 Å². The van der Waals surface area contributed by atoms with E-state index in [0.29, 0.717) is 16.5 Å². The number of rotatable bonds is 7. The number of nitrogens with zero attached hydrogens (tertiary/aromatic N) is 5. The highest BCUT2D eigenvalue weighted by atomic mass is 32.1. The van der Waals surface area contributed by atoms with Crippen molar-refractivity contribution in [2.24, 2.45) is 0 Å². The van der Waals surface area contributed by atoms with E-state index in [9.17, 15) is 10.1 Å². The van der Waals surface area contributed by atoms with Gasteiger partial charge in [0, 0.05) is 55.2 Å². The van der Waals surface area contributed by atoms with Crippen LogP contribution in [0.4, 0.5) is 17.1 Å². The van der Waals surface area contributed by atoms with Gasteiger partial charge in [0.05, 0.1) is 35.5 Å². The first-order valence-electron chi connectivity index (χ1n) is 12.5. The average molecular weight is 543 g/mol. The van der Waals surface area contributed by atoms with Crippen LogP contribution in [0.1, 0.15) is 34.7 Å². The van der Waals surface area contributed by atoms with E-state index in [1.54, 1.807) is 25.4 Å². The lowest BCUT2D eigenvalue weighted by Gasteiger charge is -2.28. The molecule has 0 amide bonds. The normalized spacial score (nSPS) is 16.7. The number of aryl methyl sites for hydroxylation is 1. The Morgan fingerprint density at radius 2 is 1.82 bits per heavy atom. The maximum absolute atomic E-state index is 11.6. The van der Waals surface area contributed by atoms with Crippen molar-refractivity contribution in [3.63, 3.8) is 0 Å². The topological polar surface area (TPSA) is 88.7 Å². The lowest BCUT2D eigenvalue weighted by molar-refractivity contribution is -0.384. The molecule has 1 aliphatic rings. The molecule has 2 aromatic carbocycles. The van der Waals surface area contributed by atoms with Gasteiger partial charge in [0.1, 0.15) is 5.75 Å². The number of thiocarbonyl (C=S) groups is 1. The van der Waals surface area contributed by atoms with E-state index in [0.717, 1.165) is 34.0 Å². The van der Waals surface area contributed by atoms with Crippen molar-refractivity contribution in [2.75, 3.05) is 31.0 Å². The second-order valence-electron chi connectivity index (χ2n) is 9.68. The fourth-order valence-electron chi connectivity index (χ4n) is 5.28. The van der Waals surface area contributed by atoms with E-state index < -0.39 is 4.92 Å². The minimum Gasteiger partial charge on any atom is -0.495 e. The van der Waals surface area contributed by atoms with Gasteiger partial charge in [0.2, 0.25) is 0 Å². The summed E-state index contributed by atoms with van der Waals surface area (Å²) in [5.74, 6) is 0.548. The molecule has 4 aromatic rings. The van der Waals surface area contributed by atoms with Crippen LogP contribution >= 0.6 is 12.2 Å². The molecule has 0 bridgehead atoms. The van der Waals surface area contributed by atoms with E-state index in [1.165, 1.54) is 6.07 Å². The van der Waals surface area contributed by atoms with Crippen LogP contribution < -0.4 is 19.9 Å². The smallest absolute Gasteiger partial charge is 0.271 e. The van der Waals surface area contributed by atoms with Gasteiger partial charge in [0.25, 0.3) is 5.69 Å². The molecule has 1 aliphatic heterocycles. The van der Waals surface area contributed by atoms with E-state index in [1.807, 2.05) is 50.7 Å². The molecule has 200 valence electrons. The summed E-state index contributed by atoms with van der Waals surface area (Å²) in [6, 6.07) is 20.4. The summed E-state index contributed by atoms with van der Waals surface area (Å²) in [6.45, 7) is 4.01. The van der Waals surface area contributed by atoms with Crippen molar-refractivity contribution >= 4 is 34.4 Å². The number of pyridine rings is 1. The van der Waals surface area contributed by atoms with E-state index in [2.05, 4.69) is 50.4 Å². The van der Waals surface area contributed by atoms with Crippen LogP contribution in [0.15, 0.2) is 72.9 Å². The number of hydrogen-bond acceptors (Lipinski definition) is 6. The molecule has 1 N–H and O–H groups in total. The highest BCUT2D eigenvalue weighted by Crippen LogP contribution is 2.44. The first-order valence-corrected chi connectivity index (χ1v) is 12.9. The quantitative estimate of drug-likeness (QED) is 0.182. The summed E-state index contributed by atoms with van der Waals surface area (Å²) in [4.78, 5) is 20.0. The summed E-state index contributed by atoms with van der Waals surface area (Å²) < 4.78 is 7.61. The molecule has 10 heteroatoms. The molecule has 1 saturated heterocycles. The van der Waals surface area contributed by atoms with Gasteiger partial charge in [-0.05, 0) is 80.2 Å². The lowest BCUT2D eigenvalue weighted by Crippen LogP contribution is -2.29. The van der Waals surface area contributed by atoms with Crippen molar-refractivity contribution in [2.45, 2.75) is 25.9 Å². The Bertz CT molecular complexity index is 1530. The molecule has 0 radical (unpaired) electrons. The third kappa shape index (κ3) is 4.67. The van der Waals surface area contributed by atoms with Crippen molar-refractivity contribution in [3.8, 4) is 11.4 Å². The number of methoxy groups -OCH3 is 1. The van der Waals surface area contributed by atoms with Crippen LogP contribution in [-0.2, 0) is 0 Å². The number of non-ortho nitro benzene ring substituents is 1. The van der Waals surface area contributed by atoms with E-state index in [4.69, 9.17) is 17.0 Å². The van der Waals surface area contributed by atoms with Gasteiger partial charge in [-0.2, -0.15) is 0 Å². The van der Waals surface area contributed by atoms with E-state index in [-0.39, 0.29) is 17.8 Å². The molecule has 3 heterocycles. The zero-order valence-electron chi connectivity index (χ0n) is 22.5. The first kappa shape index (κ1) is 26.2. The second kappa shape index (κ2) is 10.4. The van der Waals surface area contributed by atoms with Gasteiger partial charge in [-0.15, -0.1) is 0 Å². The number of nitrogens with one attached hydrogen (secondary N) is 1. The Morgan fingerprint density at radius 1 is 1.08 bits per heavy atom. The molecule has 0 unspecified atom stereocenters. The molecule has 5 rings (SSSR count). The number of anilines is 2. The van der Waals surface area contributed by atoms with Gasteiger partial charge in [-0.1, -0.05) is 6.07 Å². The maximum Gasteiger partial charge on any atom is 0.271 e. The standard InChI is InChI=1S/C29H30N6O3S/c1-18-16-23(19(2)33(18)25-17-22(35(36)37)13-14-26(25)38-5)28-27(24-8-6-7-15-30-24)31-29(39)34(28)21-11-9-20(10-12-21)32(3)4/h6-17,27-28H,1-5H3,(H,31,39)/t27-,28+/m1/s1. The van der Waals surface area contributed by atoms with Crippen LogP contribution in [-0.4, -0.2) is 40.8 Å². The Balaban J connectivity index is 1.69. The Hall–Kier alpha value is -4.44. The van der Waals surface area contributed by atoms with Crippen molar-refractivity contribution in [1.29, 1.82) is 0 Å². The molecule has 2 atom stereocenters. The highest BCUT2D eigenvalue weighted by molar-refractivity contribution is 7.80. The zero-order valence-corrected chi connectivity index (χ0v) is 23.3. The number of nitro benzene ring substituents is 1. The number of aromatic nitrogens is 2. The van der Waals surface area contributed by atoms with Crippen LogP contribution in [0.25, 0.3) is 5.69 Å². The molecular weight excluding hydrogens is 512 g/mol. The molecule has 1 fully saturated rings. The van der Waals surface area contributed by atoms with Crippen molar-refractivity contribution in [3.05, 3.63) is 106 Å². The first-order chi connectivity index (χ1) is 18.7. The fourth-order valence-corrected chi connectivity index (χ4v) is 5.63. The largest absolute Gasteiger partial charge is 0.495 e. The molecule has 9 nitrogen and oxygen atoms in total. The Morgan fingerprint density at radius 3 is 2.44 bits per heavy atom. The predicted molar refractivity (Wildman–Crippen MR) is 157 cm³/mol. The van der Waals surface area contributed by atoms with E-state index >= 15 is 0 Å². The molecular formula is C29H30N6O3S. The van der Waals surface area contributed by atoms with Crippen LogP contribution in [0, 0.1) is 24.0 Å². The summed E-state index contributed by atoms with van der Waals surface area (Å²) >= 11 is 5.90. The minimum absolute atomic E-state index is 0.00229. The van der Waals surface area contributed by atoms with Gasteiger partial charge < -0.3 is 24.4 Å². The number of nitro groups is 1. The summed E-state index contributed by atoms with van der Waals surface area (Å²) in [6.07, 6.45) is 1.78. The van der Waals surface area contributed by atoms with Crippen molar-refractivity contribution in [1.82, 2.24) is 14.9 Å². The summed E-state index contributed by atoms with van der Waals surface area (Å²) in [5, 5.41) is 15.7. The highest BCUT2D eigenvalue weighted by Gasteiger charge is 2.42. The minimum atomic E-state index is -0.395.